The van der Waals surface area contributed by atoms with Crippen LogP contribution in [0.1, 0.15) is 6.92 Å². The summed E-state index contributed by atoms with van der Waals surface area (Å²) in [6.45, 7) is 1.29. The van der Waals surface area contributed by atoms with Gasteiger partial charge in [-0.1, -0.05) is 0 Å². The number of fused-ring (bicyclic) bond motifs is 1. The van der Waals surface area contributed by atoms with Crippen molar-refractivity contribution in [3.63, 3.8) is 0 Å². The molecule has 2 aliphatic heterocycles. The van der Waals surface area contributed by atoms with Crippen LogP contribution in [0.25, 0.3) is 0 Å². The van der Waals surface area contributed by atoms with E-state index in [0.717, 1.165) is 0 Å². The SMILES string of the molecule is CC1=NC2C(O1)OC(CO)C(O)C2O. The first kappa shape index (κ1) is 9.85. The predicted molar refractivity (Wildman–Crippen MR) is 45.7 cm³/mol. The molecule has 6 nitrogen and oxygen atoms in total. The van der Waals surface area contributed by atoms with Crippen LogP contribution >= 0.6 is 0 Å². The van der Waals surface area contributed by atoms with Crippen LogP contribution in [0.4, 0.5) is 0 Å². The molecule has 5 unspecified atom stereocenters. The second-order valence-electron chi connectivity index (χ2n) is 3.46. The lowest BCUT2D eigenvalue weighted by molar-refractivity contribution is -0.234. The van der Waals surface area contributed by atoms with Gasteiger partial charge in [0.2, 0.25) is 6.29 Å². The van der Waals surface area contributed by atoms with Crippen LogP contribution < -0.4 is 0 Å². The highest BCUT2D eigenvalue weighted by Gasteiger charge is 2.48. The number of hydrogen-bond donors (Lipinski definition) is 3. The first-order valence-corrected chi connectivity index (χ1v) is 4.47. The summed E-state index contributed by atoms with van der Waals surface area (Å²) in [6.07, 6.45) is -3.68. The molecule has 0 aromatic rings. The van der Waals surface area contributed by atoms with E-state index in [1.165, 1.54) is 0 Å². The molecule has 5 atom stereocenters. The van der Waals surface area contributed by atoms with Gasteiger partial charge >= 0.3 is 0 Å². The molecular formula is C8H13NO5. The molecule has 0 radical (unpaired) electrons. The molecule has 0 aromatic carbocycles. The summed E-state index contributed by atoms with van der Waals surface area (Å²) in [6, 6.07) is -0.590. The summed E-state index contributed by atoms with van der Waals surface area (Å²) in [5.41, 5.74) is 0. The summed E-state index contributed by atoms with van der Waals surface area (Å²) < 4.78 is 10.4. The van der Waals surface area contributed by atoms with E-state index >= 15 is 0 Å². The molecule has 2 heterocycles. The fourth-order valence-electron chi connectivity index (χ4n) is 1.71. The van der Waals surface area contributed by atoms with E-state index in [1.807, 2.05) is 0 Å². The molecule has 1 saturated heterocycles. The van der Waals surface area contributed by atoms with Gasteiger partial charge in [-0.05, 0) is 0 Å². The van der Waals surface area contributed by atoms with E-state index in [0.29, 0.717) is 5.90 Å². The monoisotopic (exact) mass is 203 g/mol. The van der Waals surface area contributed by atoms with Crippen molar-refractivity contribution >= 4 is 5.90 Å². The van der Waals surface area contributed by atoms with Gasteiger partial charge in [-0.3, -0.25) is 0 Å². The van der Waals surface area contributed by atoms with Crippen LogP contribution in [0, 0.1) is 0 Å². The third-order valence-electron chi connectivity index (χ3n) is 2.47. The number of hydrogen-bond acceptors (Lipinski definition) is 6. The molecule has 0 aliphatic carbocycles. The maximum atomic E-state index is 9.64. The fourth-order valence-corrected chi connectivity index (χ4v) is 1.71. The zero-order valence-electron chi connectivity index (χ0n) is 7.70. The van der Waals surface area contributed by atoms with Gasteiger partial charge in [-0.25, -0.2) is 4.99 Å². The molecule has 3 N–H and O–H groups in total. The number of ether oxygens (including phenoxy) is 2. The quantitative estimate of drug-likeness (QED) is 0.469. The minimum absolute atomic E-state index is 0.357. The predicted octanol–water partition coefficient (Wildman–Crippen LogP) is -1.76. The largest absolute Gasteiger partial charge is 0.450 e. The highest BCUT2D eigenvalue weighted by atomic mass is 16.7. The molecule has 0 aromatic heterocycles. The van der Waals surface area contributed by atoms with E-state index in [4.69, 9.17) is 14.6 Å². The van der Waals surface area contributed by atoms with E-state index in [9.17, 15) is 10.2 Å². The Labute approximate surface area is 80.8 Å². The Morgan fingerprint density at radius 3 is 2.71 bits per heavy atom. The van der Waals surface area contributed by atoms with Gasteiger partial charge in [0.1, 0.15) is 24.4 Å². The van der Waals surface area contributed by atoms with Gasteiger partial charge in [0, 0.05) is 6.92 Å². The maximum Gasteiger partial charge on any atom is 0.227 e. The Balaban J connectivity index is 2.14. The van der Waals surface area contributed by atoms with Crippen LogP contribution in [-0.4, -0.2) is 58.5 Å². The highest BCUT2D eigenvalue weighted by Crippen LogP contribution is 2.28. The average Bonchev–Trinajstić information content (AvgIpc) is 2.52. The number of aliphatic hydroxyl groups is 3. The van der Waals surface area contributed by atoms with Crippen molar-refractivity contribution in [3.8, 4) is 0 Å². The second-order valence-corrected chi connectivity index (χ2v) is 3.46. The standard InChI is InChI=1S/C8H13NO5/c1-3-9-5-7(12)6(11)4(2-10)14-8(5)13-3/h4-8,10-12H,2H2,1H3. The van der Waals surface area contributed by atoms with E-state index < -0.39 is 30.6 Å². The van der Waals surface area contributed by atoms with Crippen molar-refractivity contribution < 1.29 is 24.8 Å². The zero-order chi connectivity index (χ0) is 10.3. The lowest BCUT2D eigenvalue weighted by atomic mass is 9.98. The van der Waals surface area contributed by atoms with Crippen LogP contribution in [0.5, 0.6) is 0 Å². The Bertz CT molecular complexity index is 256. The molecule has 14 heavy (non-hydrogen) atoms. The van der Waals surface area contributed by atoms with Crippen LogP contribution in [-0.2, 0) is 9.47 Å². The van der Waals surface area contributed by atoms with Crippen LogP contribution in [0.3, 0.4) is 0 Å². The van der Waals surface area contributed by atoms with Gasteiger partial charge < -0.3 is 24.8 Å². The van der Waals surface area contributed by atoms with E-state index in [-0.39, 0.29) is 6.61 Å². The Morgan fingerprint density at radius 1 is 1.36 bits per heavy atom. The van der Waals surface area contributed by atoms with E-state index in [1.54, 1.807) is 6.92 Å². The van der Waals surface area contributed by atoms with Gasteiger partial charge in [0.05, 0.1) is 6.61 Å². The van der Waals surface area contributed by atoms with Gasteiger partial charge in [0.15, 0.2) is 5.90 Å². The molecule has 6 heteroatoms. The van der Waals surface area contributed by atoms with Crippen molar-refractivity contribution in [2.45, 2.75) is 37.6 Å². The van der Waals surface area contributed by atoms with Gasteiger partial charge in [-0.2, -0.15) is 0 Å². The average molecular weight is 203 g/mol. The first-order chi connectivity index (χ1) is 6.63. The first-order valence-electron chi connectivity index (χ1n) is 4.47. The van der Waals surface area contributed by atoms with Crippen molar-refractivity contribution in [1.29, 1.82) is 0 Å². The van der Waals surface area contributed by atoms with Crippen molar-refractivity contribution in [3.05, 3.63) is 0 Å². The van der Waals surface area contributed by atoms with Gasteiger partial charge in [-0.15, -0.1) is 0 Å². The molecule has 2 rings (SSSR count). The van der Waals surface area contributed by atoms with Crippen LogP contribution in [0.15, 0.2) is 4.99 Å². The summed E-state index contributed by atoms with van der Waals surface area (Å²) in [5, 5.41) is 28.0. The van der Waals surface area contributed by atoms with Crippen molar-refractivity contribution in [2.75, 3.05) is 6.61 Å². The lowest BCUT2D eigenvalue weighted by Gasteiger charge is -2.36. The third kappa shape index (κ3) is 1.40. The lowest BCUT2D eigenvalue weighted by Crippen LogP contribution is -2.56. The smallest absolute Gasteiger partial charge is 0.227 e. The minimum atomic E-state index is -1.13. The zero-order valence-corrected chi connectivity index (χ0v) is 7.70. The molecule has 0 amide bonds. The van der Waals surface area contributed by atoms with E-state index in [2.05, 4.69) is 4.99 Å². The third-order valence-corrected chi connectivity index (χ3v) is 2.47. The summed E-state index contributed by atoms with van der Waals surface area (Å²) in [5.74, 6) is 0.421. The summed E-state index contributed by atoms with van der Waals surface area (Å²) in [4.78, 5) is 3.99. The number of aliphatic imine (C=N–C) groups is 1. The normalized spacial score (nSPS) is 46.9. The molecule has 80 valence electrons. The van der Waals surface area contributed by atoms with Crippen molar-refractivity contribution in [1.82, 2.24) is 0 Å². The number of aliphatic hydroxyl groups excluding tert-OH is 3. The number of nitrogens with zero attached hydrogens (tertiary/aromatic N) is 1. The molecular weight excluding hydrogens is 190 g/mol. The summed E-state index contributed by atoms with van der Waals surface area (Å²) >= 11 is 0. The van der Waals surface area contributed by atoms with Crippen molar-refractivity contribution in [2.24, 2.45) is 4.99 Å². The Kier molecular flexibility index (Phi) is 2.44. The molecule has 0 bridgehead atoms. The minimum Gasteiger partial charge on any atom is -0.450 e. The summed E-state index contributed by atoms with van der Waals surface area (Å²) in [7, 11) is 0. The Morgan fingerprint density at radius 2 is 2.07 bits per heavy atom. The highest BCUT2D eigenvalue weighted by molar-refractivity contribution is 5.75. The molecule has 0 spiro atoms. The number of rotatable bonds is 1. The molecule has 1 fully saturated rings. The molecule has 0 saturated carbocycles. The topological polar surface area (TPSA) is 91.5 Å². The fraction of sp³-hybridized carbons (Fsp3) is 0.875. The maximum absolute atomic E-state index is 9.64. The Hall–Kier alpha value is -0.690. The van der Waals surface area contributed by atoms with Crippen LogP contribution in [0.2, 0.25) is 0 Å². The molecule has 2 aliphatic rings. The second kappa shape index (κ2) is 3.47. The van der Waals surface area contributed by atoms with Gasteiger partial charge in [0.25, 0.3) is 0 Å².